The number of nitrogens with zero attached hydrogens (tertiary/aromatic N) is 6. The van der Waals surface area contributed by atoms with Gasteiger partial charge in [0.2, 0.25) is 0 Å². The largest absolute Gasteiger partial charge is 0.457 e. The molecule has 0 fully saturated rings. The smallest absolute Gasteiger partial charge is 0.167 e. The van der Waals surface area contributed by atoms with Crippen LogP contribution in [0.3, 0.4) is 0 Å². The third kappa shape index (κ3) is 12.0. The molecule has 0 aliphatic carbocycles. The molecule has 78 heavy (non-hydrogen) atoms. The van der Waals surface area contributed by atoms with E-state index in [1.54, 1.807) is 0 Å². The molecule has 2 aromatic heterocycles. The Kier molecular flexibility index (Phi) is 15.6. The molecule has 0 bridgehead atoms. The standard InChI is InChI=1S/C68H62N6O4/c1-42(2)47-26-34-51(35-27-47)75-59-22-14-10-18-55(59)65-69-63(70-66(73-65)56-19-11-15-23-60(56)76-52-36-28-48(29-37-52)43(3)4)46(9)64-71-67(57-20-12-16-24-61(57)77-53-38-30-49(31-39-53)44(5)6)74-68(72-64)58-21-13-17-25-62(58)78-54-40-32-50(33-41-54)45(7)8/h10-45H,9H2,1-8H3. The molecule has 0 unspecified atom stereocenters. The first kappa shape index (κ1) is 52.2. The summed E-state index contributed by atoms with van der Waals surface area (Å²) in [5.74, 6) is 8.15. The number of benzene rings is 8. The molecule has 8 aromatic carbocycles. The Morgan fingerprint density at radius 3 is 0.692 bits per heavy atom. The number of hydrogen-bond acceptors (Lipinski definition) is 10. The second kappa shape index (κ2) is 23.3. The van der Waals surface area contributed by atoms with E-state index in [1.165, 1.54) is 22.3 Å². The molecular weight excluding hydrogens is 965 g/mol. The predicted octanol–water partition coefficient (Wildman–Crippen LogP) is 18.4. The number of ether oxygens (including phenoxy) is 4. The molecule has 0 aliphatic heterocycles. The molecule has 10 nitrogen and oxygen atoms in total. The summed E-state index contributed by atoms with van der Waals surface area (Å²) in [6.45, 7) is 22.0. The van der Waals surface area contributed by atoms with Crippen molar-refractivity contribution in [2.75, 3.05) is 0 Å². The molecule has 0 saturated heterocycles. The fourth-order valence-corrected chi connectivity index (χ4v) is 8.76. The van der Waals surface area contributed by atoms with Gasteiger partial charge in [-0.3, -0.25) is 0 Å². The highest BCUT2D eigenvalue weighted by Gasteiger charge is 2.24. The molecule has 388 valence electrons. The molecule has 0 spiro atoms. The van der Waals surface area contributed by atoms with Gasteiger partial charge in [0, 0.05) is 0 Å². The van der Waals surface area contributed by atoms with Crippen LogP contribution < -0.4 is 18.9 Å². The molecule has 0 aliphatic rings. The van der Waals surface area contributed by atoms with Crippen LogP contribution in [-0.4, -0.2) is 29.9 Å². The number of rotatable bonds is 18. The third-order valence-electron chi connectivity index (χ3n) is 13.4. The maximum Gasteiger partial charge on any atom is 0.167 e. The van der Waals surface area contributed by atoms with E-state index in [9.17, 15) is 0 Å². The average molecular weight is 1030 g/mol. The van der Waals surface area contributed by atoms with Crippen LogP contribution in [0.1, 0.15) is 113 Å². The van der Waals surface area contributed by atoms with Crippen LogP contribution in [0.25, 0.3) is 51.1 Å². The summed E-state index contributed by atoms with van der Waals surface area (Å²) >= 11 is 0. The summed E-state index contributed by atoms with van der Waals surface area (Å²) in [6.07, 6.45) is 0. The molecule has 10 rings (SSSR count). The number of para-hydroxylation sites is 4. The van der Waals surface area contributed by atoms with Crippen molar-refractivity contribution in [1.82, 2.24) is 29.9 Å². The van der Waals surface area contributed by atoms with Gasteiger partial charge in [-0.1, -0.05) is 159 Å². The lowest BCUT2D eigenvalue weighted by Crippen LogP contribution is -2.08. The normalized spacial score (nSPS) is 11.3. The molecule has 0 atom stereocenters. The number of hydrogen-bond donors (Lipinski definition) is 0. The third-order valence-corrected chi connectivity index (χ3v) is 13.4. The van der Waals surface area contributed by atoms with Crippen LogP contribution in [-0.2, 0) is 0 Å². The van der Waals surface area contributed by atoms with Crippen LogP contribution >= 0.6 is 0 Å². The predicted molar refractivity (Wildman–Crippen MR) is 312 cm³/mol. The topological polar surface area (TPSA) is 114 Å². The van der Waals surface area contributed by atoms with Crippen molar-refractivity contribution in [3.63, 3.8) is 0 Å². The summed E-state index contributed by atoms with van der Waals surface area (Å²) in [7, 11) is 0. The van der Waals surface area contributed by atoms with E-state index >= 15 is 0 Å². The Bertz CT molecular complexity index is 3230. The van der Waals surface area contributed by atoms with Gasteiger partial charge in [0.25, 0.3) is 0 Å². The molecule has 2 heterocycles. The van der Waals surface area contributed by atoms with Crippen molar-refractivity contribution in [3.8, 4) is 91.5 Å². The van der Waals surface area contributed by atoms with Crippen LogP contribution in [0.15, 0.2) is 201 Å². The molecule has 10 aromatic rings. The highest BCUT2D eigenvalue weighted by molar-refractivity contribution is 5.78. The molecule has 0 saturated carbocycles. The van der Waals surface area contributed by atoms with E-state index in [2.05, 4.69) is 110 Å². The minimum absolute atomic E-state index is 0.217. The Labute approximate surface area is 457 Å². The summed E-state index contributed by atoms with van der Waals surface area (Å²) < 4.78 is 26.5. The Morgan fingerprint density at radius 1 is 0.282 bits per heavy atom. The number of aromatic nitrogens is 6. The second-order valence-electron chi connectivity index (χ2n) is 20.4. The van der Waals surface area contributed by atoms with Crippen molar-refractivity contribution in [2.24, 2.45) is 0 Å². The van der Waals surface area contributed by atoms with Crippen molar-refractivity contribution in [1.29, 1.82) is 0 Å². The monoisotopic (exact) mass is 1030 g/mol. The zero-order chi connectivity index (χ0) is 54.3. The van der Waals surface area contributed by atoms with Crippen molar-refractivity contribution < 1.29 is 18.9 Å². The van der Waals surface area contributed by atoms with Gasteiger partial charge in [-0.2, -0.15) is 0 Å². The average Bonchev–Trinajstić information content (AvgIpc) is 3.47. The van der Waals surface area contributed by atoms with E-state index in [4.69, 9.17) is 48.9 Å². The summed E-state index contributed by atoms with van der Waals surface area (Å²) in [4.78, 5) is 31.1. The Morgan fingerprint density at radius 2 is 0.487 bits per heavy atom. The lowest BCUT2D eigenvalue weighted by molar-refractivity contribution is 0.483. The van der Waals surface area contributed by atoms with E-state index in [1.807, 2.05) is 146 Å². The van der Waals surface area contributed by atoms with Gasteiger partial charge in [-0.15, -0.1) is 0 Å². The zero-order valence-electron chi connectivity index (χ0n) is 45.3. The fourth-order valence-electron chi connectivity index (χ4n) is 8.76. The minimum atomic E-state index is 0.217. The summed E-state index contributed by atoms with van der Waals surface area (Å²) in [5.41, 5.74) is 7.66. The lowest BCUT2D eigenvalue weighted by Gasteiger charge is -2.16. The van der Waals surface area contributed by atoms with Crippen LogP contribution in [0.2, 0.25) is 0 Å². The summed E-state index contributed by atoms with van der Waals surface area (Å²) in [5, 5.41) is 0. The lowest BCUT2D eigenvalue weighted by atomic mass is 10.0. The highest BCUT2D eigenvalue weighted by atomic mass is 16.5. The minimum Gasteiger partial charge on any atom is -0.457 e. The van der Waals surface area contributed by atoms with Gasteiger partial charge in [0.15, 0.2) is 34.9 Å². The van der Waals surface area contributed by atoms with E-state index in [0.29, 0.717) is 121 Å². The molecule has 0 N–H and O–H groups in total. The van der Waals surface area contributed by atoms with Gasteiger partial charge in [-0.05, 0) is 143 Å². The van der Waals surface area contributed by atoms with E-state index in [-0.39, 0.29) is 11.6 Å². The van der Waals surface area contributed by atoms with Crippen molar-refractivity contribution in [3.05, 3.63) is 235 Å². The molecule has 0 radical (unpaired) electrons. The van der Waals surface area contributed by atoms with Crippen LogP contribution in [0.4, 0.5) is 0 Å². The first-order chi connectivity index (χ1) is 37.8. The maximum absolute atomic E-state index is 6.62. The fraction of sp³-hybridized carbons (Fsp3) is 0.176. The Balaban J connectivity index is 1.13. The molecule has 0 amide bonds. The van der Waals surface area contributed by atoms with Gasteiger partial charge in [0.1, 0.15) is 46.0 Å². The first-order valence-electron chi connectivity index (χ1n) is 26.5. The Hall–Kier alpha value is -9.28. The van der Waals surface area contributed by atoms with Gasteiger partial charge in [-0.25, -0.2) is 29.9 Å². The van der Waals surface area contributed by atoms with Crippen LogP contribution in [0.5, 0.6) is 46.0 Å². The quantitative estimate of drug-likeness (QED) is 0.0823. The summed E-state index contributed by atoms with van der Waals surface area (Å²) in [6, 6.07) is 63.3. The molecule has 10 heteroatoms. The second-order valence-corrected chi connectivity index (χ2v) is 20.4. The van der Waals surface area contributed by atoms with Crippen molar-refractivity contribution >= 4 is 5.57 Å². The maximum atomic E-state index is 6.62. The van der Waals surface area contributed by atoms with Crippen LogP contribution in [0, 0.1) is 0 Å². The molecular formula is C68H62N6O4. The first-order valence-corrected chi connectivity index (χ1v) is 26.5. The van der Waals surface area contributed by atoms with Gasteiger partial charge >= 0.3 is 0 Å². The van der Waals surface area contributed by atoms with Gasteiger partial charge in [0.05, 0.1) is 27.8 Å². The van der Waals surface area contributed by atoms with E-state index < -0.39 is 0 Å². The van der Waals surface area contributed by atoms with E-state index in [0.717, 1.165) is 0 Å². The SMILES string of the molecule is C=C(c1nc(-c2ccccc2Oc2ccc(C(C)C)cc2)nc(-c2ccccc2Oc2ccc(C(C)C)cc2)n1)c1nc(-c2ccccc2Oc2ccc(C(C)C)cc2)nc(-c2ccccc2Oc2ccc(C(C)C)cc2)n1. The highest BCUT2D eigenvalue weighted by Crippen LogP contribution is 2.40. The zero-order valence-corrected chi connectivity index (χ0v) is 45.3. The van der Waals surface area contributed by atoms with Gasteiger partial charge < -0.3 is 18.9 Å². The van der Waals surface area contributed by atoms with Crippen molar-refractivity contribution in [2.45, 2.75) is 79.1 Å².